The first-order chi connectivity index (χ1) is 9.13. The molecule has 2 fully saturated rings. The molecule has 108 valence electrons. The molecule has 2 aliphatic heterocycles. The number of nitrogens with zero attached hydrogens (tertiary/aromatic N) is 1. The Morgan fingerprint density at radius 3 is 2.79 bits per heavy atom. The molecule has 0 aliphatic carbocycles. The molecule has 5 nitrogen and oxygen atoms in total. The van der Waals surface area contributed by atoms with E-state index in [4.69, 9.17) is 9.47 Å². The number of hydrogen-bond acceptors (Lipinski definition) is 4. The van der Waals surface area contributed by atoms with Crippen molar-refractivity contribution in [1.82, 2.24) is 4.90 Å². The number of amides is 1. The van der Waals surface area contributed by atoms with Crippen molar-refractivity contribution in [3.05, 3.63) is 0 Å². The zero-order chi connectivity index (χ0) is 13.8. The van der Waals surface area contributed by atoms with Gasteiger partial charge in [0.05, 0.1) is 24.5 Å². The normalized spacial score (nSPS) is 31.3. The molecule has 0 aromatic heterocycles. The first-order valence-corrected chi connectivity index (χ1v) is 7.20. The van der Waals surface area contributed by atoms with Crippen LogP contribution in [-0.2, 0) is 19.1 Å². The van der Waals surface area contributed by atoms with Crippen molar-refractivity contribution < 1.29 is 19.1 Å². The maximum absolute atomic E-state index is 12.4. The summed E-state index contributed by atoms with van der Waals surface area (Å²) in [5.41, 5.74) is 0. The lowest BCUT2D eigenvalue weighted by Gasteiger charge is -2.33. The molecule has 2 aliphatic rings. The number of rotatable bonds is 3. The van der Waals surface area contributed by atoms with E-state index in [1.807, 2.05) is 11.8 Å². The van der Waals surface area contributed by atoms with E-state index in [1.54, 1.807) is 6.92 Å². The van der Waals surface area contributed by atoms with E-state index in [1.165, 1.54) is 0 Å². The van der Waals surface area contributed by atoms with Gasteiger partial charge in [-0.15, -0.1) is 0 Å². The lowest BCUT2D eigenvalue weighted by Crippen LogP contribution is -2.46. The van der Waals surface area contributed by atoms with E-state index in [0.29, 0.717) is 19.8 Å². The summed E-state index contributed by atoms with van der Waals surface area (Å²) in [4.78, 5) is 26.0. The fourth-order valence-electron chi connectivity index (χ4n) is 2.92. The maximum atomic E-state index is 12.4. The molecule has 0 bridgehead atoms. The first-order valence-electron chi connectivity index (χ1n) is 7.20. The van der Waals surface area contributed by atoms with Gasteiger partial charge >= 0.3 is 5.97 Å². The maximum Gasteiger partial charge on any atom is 0.310 e. The van der Waals surface area contributed by atoms with Crippen molar-refractivity contribution in [2.45, 2.75) is 39.2 Å². The minimum Gasteiger partial charge on any atom is -0.466 e. The van der Waals surface area contributed by atoms with E-state index in [9.17, 15) is 9.59 Å². The molecular formula is C14H23NO4. The Balaban J connectivity index is 1.93. The highest BCUT2D eigenvalue weighted by Crippen LogP contribution is 2.26. The van der Waals surface area contributed by atoms with Crippen LogP contribution >= 0.6 is 0 Å². The van der Waals surface area contributed by atoms with Crippen LogP contribution < -0.4 is 0 Å². The van der Waals surface area contributed by atoms with E-state index in [2.05, 4.69) is 0 Å². The molecule has 0 spiro atoms. The Kier molecular flexibility index (Phi) is 4.80. The lowest BCUT2D eigenvalue weighted by atomic mass is 9.95. The lowest BCUT2D eigenvalue weighted by molar-refractivity contribution is -0.152. The van der Waals surface area contributed by atoms with Crippen molar-refractivity contribution >= 4 is 11.9 Å². The van der Waals surface area contributed by atoms with Gasteiger partial charge in [-0.05, 0) is 33.1 Å². The molecule has 2 saturated heterocycles. The summed E-state index contributed by atoms with van der Waals surface area (Å²) in [6, 6.07) is 0. The Morgan fingerprint density at radius 1 is 1.37 bits per heavy atom. The fraction of sp³-hybridized carbons (Fsp3) is 0.857. The molecule has 0 N–H and O–H groups in total. The summed E-state index contributed by atoms with van der Waals surface area (Å²) in [6.07, 6.45) is 2.48. The summed E-state index contributed by atoms with van der Waals surface area (Å²) in [6.45, 7) is 6.06. The standard InChI is InChI=1S/C14H23NO4/c1-3-18-14(17)11-5-4-7-15(9-11)13(16)12-6-8-19-10(12)2/h10-12H,3-9H2,1-2H3. The van der Waals surface area contributed by atoms with Gasteiger partial charge in [0.1, 0.15) is 0 Å². The highest BCUT2D eigenvalue weighted by atomic mass is 16.5. The highest BCUT2D eigenvalue weighted by Gasteiger charge is 2.37. The molecule has 1 amide bonds. The van der Waals surface area contributed by atoms with Gasteiger partial charge in [0.25, 0.3) is 0 Å². The van der Waals surface area contributed by atoms with Crippen molar-refractivity contribution in [1.29, 1.82) is 0 Å². The number of likely N-dealkylation sites (tertiary alicyclic amines) is 1. The Bertz CT molecular complexity index is 344. The largest absolute Gasteiger partial charge is 0.466 e. The van der Waals surface area contributed by atoms with Crippen LogP contribution in [0, 0.1) is 11.8 Å². The summed E-state index contributed by atoms with van der Waals surface area (Å²) < 4.78 is 10.5. The second-order valence-corrected chi connectivity index (χ2v) is 5.35. The molecule has 0 saturated carbocycles. The quantitative estimate of drug-likeness (QED) is 0.723. The van der Waals surface area contributed by atoms with Gasteiger partial charge in [0.15, 0.2) is 0 Å². The van der Waals surface area contributed by atoms with Crippen LogP contribution in [0.3, 0.4) is 0 Å². The van der Waals surface area contributed by atoms with Crippen LogP contribution in [0.25, 0.3) is 0 Å². The van der Waals surface area contributed by atoms with Crippen LogP contribution in [0.2, 0.25) is 0 Å². The van der Waals surface area contributed by atoms with E-state index < -0.39 is 0 Å². The fourth-order valence-corrected chi connectivity index (χ4v) is 2.92. The monoisotopic (exact) mass is 269 g/mol. The number of piperidine rings is 1. The van der Waals surface area contributed by atoms with Gasteiger partial charge < -0.3 is 14.4 Å². The summed E-state index contributed by atoms with van der Waals surface area (Å²) in [7, 11) is 0. The van der Waals surface area contributed by atoms with Crippen molar-refractivity contribution in [2.75, 3.05) is 26.3 Å². The summed E-state index contributed by atoms with van der Waals surface area (Å²) in [5.74, 6) is -0.231. The van der Waals surface area contributed by atoms with Crippen LogP contribution in [0.4, 0.5) is 0 Å². The second-order valence-electron chi connectivity index (χ2n) is 5.35. The summed E-state index contributed by atoms with van der Waals surface area (Å²) in [5, 5.41) is 0. The average Bonchev–Trinajstić information content (AvgIpc) is 2.84. The second kappa shape index (κ2) is 6.37. The SMILES string of the molecule is CCOC(=O)C1CCCN(C(=O)C2CCOC2C)C1. The predicted octanol–water partition coefficient (Wildman–Crippen LogP) is 1.21. The van der Waals surface area contributed by atoms with E-state index >= 15 is 0 Å². The molecule has 0 radical (unpaired) electrons. The van der Waals surface area contributed by atoms with Gasteiger partial charge in [-0.1, -0.05) is 0 Å². The number of carbonyl (C=O) groups is 2. The zero-order valence-electron chi connectivity index (χ0n) is 11.8. The van der Waals surface area contributed by atoms with Crippen molar-refractivity contribution in [3.63, 3.8) is 0 Å². The number of esters is 1. The van der Waals surface area contributed by atoms with E-state index in [-0.39, 0.29) is 29.8 Å². The summed E-state index contributed by atoms with van der Waals surface area (Å²) >= 11 is 0. The van der Waals surface area contributed by atoms with Gasteiger partial charge in [-0.2, -0.15) is 0 Å². The Labute approximate surface area is 114 Å². The van der Waals surface area contributed by atoms with Gasteiger partial charge in [-0.3, -0.25) is 9.59 Å². The highest BCUT2D eigenvalue weighted by molar-refractivity contribution is 5.81. The minimum atomic E-state index is -0.171. The molecule has 19 heavy (non-hydrogen) atoms. The molecule has 2 rings (SSSR count). The van der Waals surface area contributed by atoms with E-state index in [0.717, 1.165) is 25.8 Å². The topological polar surface area (TPSA) is 55.8 Å². The molecule has 0 aromatic rings. The molecule has 0 aromatic carbocycles. The number of carbonyl (C=O) groups excluding carboxylic acids is 2. The third-order valence-corrected chi connectivity index (χ3v) is 4.05. The van der Waals surface area contributed by atoms with Gasteiger partial charge in [-0.25, -0.2) is 0 Å². The van der Waals surface area contributed by atoms with Crippen LogP contribution in [0.5, 0.6) is 0 Å². The molecule has 5 heteroatoms. The molecule has 2 heterocycles. The average molecular weight is 269 g/mol. The van der Waals surface area contributed by atoms with Crippen molar-refractivity contribution in [2.24, 2.45) is 11.8 Å². The third kappa shape index (κ3) is 3.26. The minimum absolute atomic E-state index is 0.00419. The molecule has 3 atom stereocenters. The van der Waals surface area contributed by atoms with Crippen LogP contribution in [0.15, 0.2) is 0 Å². The zero-order valence-corrected chi connectivity index (χ0v) is 11.8. The molecule has 3 unspecified atom stereocenters. The smallest absolute Gasteiger partial charge is 0.310 e. The molecular weight excluding hydrogens is 246 g/mol. The Hall–Kier alpha value is -1.10. The Morgan fingerprint density at radius 2 is 2.16 bits per heavy atom. The van der Waals surface area contributed by atoms with Gasteiger partial charge in [0.2, 0.25) is 5.91 Å². The van der Waals surface area contributed by atoms with Crippen molar-refractivity contribution in [3.8, 4) is 0 Å². The first kappa shape index (κ1) is 14.3. The number of hydrogen-bond donors (Lipinski definition) is 0. The third-order valence-electron chi connectivity index (χ3n) is 4.05. The van der Waals surface area contributed by atoms with Gasteiger partial charge in [0, 0.05) is 19.7 Å². The van der Waals surface area contributed by atoms with Crippen LogP contribution in [-0.4, -0.2) is 49.2 Å². The number of ether oxygens (including phenoxy) is 2. The van der Waals surface area contributed by atoms with Crippen LogP contribution in [0.1, 0.15) is 33.1 Å². The predicted molar refractivity (Wildman–Crippen MR) is 69.5 cm³/mol.